The zero-order chi connectivity index (χ0) is 18.3. The fraction of sp³-hybridized carbons (Fsp3) is 0.941. The first kappa shape index (κ1) is 20.9. The van der Waals surface area contributed by atoms with Gasteiger partial charge in [0.05, 0.1) is 12.6 Å². The van der Waals surface area contributed by atoms with Crippen molar-refractivity contribution in [2.24, 2.45) is 0 Å². The number of hydrogen-bond donors (Lipinski definition) is 1. The molecule has 1 saturated heterocycles. The maximum atomic E-state index is 12.3. The molecule has 1 N–H and O–H groups in total. The van der Waals surface area contributed by atoms with Gasteiger partial charge in [-0.1, -0.05) is 41.5 Å². The number of carbonyl (C=O) groups excluding carboxylic acids is 1. The summed E-state index contributed by atoms with van der Waals surface area (Å²) in [7, 11) is -3.70. The van der Waals surface area contributed by atoms with E-state index in [0.29, 0.717) is 6.61 Å². The van der Waals surface area contributed by atoms with Crippen LogP contribution in [-0.4, -0.2) is 41.3 Å². The van der Waals surface area contributed by atoms with Crippen LogP contribution in [0.25, 0.3) is 0 Å². The van der Waals surface area contributed by atoms with E-state index in [1.165, 1.54) is 0 Å². The zero-order valence-electron chi connectivity index (χ0n) is 16.8. The Hall–Kier alpha value is -0.176. The van der Waals surface area contributed by atoms with E-state index in [0.717, 1.165) is 6.42 Å². The SMILES string of the molecule is CC(C)(C)[Si](C)(C)OC[C@@H]1C[C@H](O[Si](C)(C)C(C)(C)C)C(=O)N1. The number of nitrogens with one attached hydrogen (secondary N) is 1. The van der Waals surface area contributed by atoms with Crippen LogP contribution in [-0.2, 0) is 13.6 Å². The summed E-state index contributed by atoms with van der Waals surface area (Å²) < 4.78 is 12.5. The van der Waals surface area contributed by atoms with Gasteiger partial charge in [0.25, 0.3) is 0 Å². The van der Waals surface area contributed by atoms with Gasteiger partial charge >= 0.3 is 0 Å². The molecule has 136 valence electrons. The summed E-state index contributed by atoms with van der Waals surface area (Å²) in [4.78, 5) is 12.3. The molecule has 1 amide bonds. The van der Waals surface area contributed by atoms with Gasteiger partial charge in [-0.25, -0.2) is 0 Å². The molecule has 0 spiro atoms. The van der Waals surface area contributed by atoms with Crippen LogP contribution in [0.4, 0.5) is 0 Å². The van der Waals surface area contributed by atoms with Crippen molar-refractivity contribution in [3.63, 3.8) is 0 Å². The third kappa shape index (κ3) is 5.15. The maximum absolute atomic E-state index is 12.3. The van der Waals surface area contributed by atoms with Gasteiger partial charge in [0.1, 0.15) is 6.10 Å². The lowest BCUT2D eigenvalue weighted by atomic mass is 10.2. The van der Waals surface area contributed by atoms with E-state index < -0.39 is 16.6 Å². The van der Waals surface area contributed by atoms with Crippen LogP contribution in [0.5, 0.6) is 0 Å². The molecule has 4 nitrogen and oxygen atoms in total. The summed E-state index contributed by atoms with van der Waals surface area (Å²) >= 11 is 0. The van der Waals surface area contributed by atoms with Crippen LogP contribution in [0.2, 0.25) is 36.3 Å². The Morgan fingerprint density at radius 3 is 1.91 bits per heavy atom. The van der Waals surface area contributed by atoms with Crippen LogP contribution in [0.15, 0.2) is 0 Å². The second-order valence-corrected chi connectivity index (χ2v) is 19.4. The monoisotopic (exact) mass is 359 g/mol. The second-order valence-electron chi connectivity index (χ2n) is 9.88. The summed E-state index contributed by atoms with van der Waals surface area (Å²) in [6.07, 6.45) is 0.406. The molecule has 0 unspecified atom stereocenters. The molecule has 2 atom stereocenters. The van der Waals surface area contributed by atoms with Crippen molar-refractivity contribution in [1.82, 2.24) is 5.32 Å². The maximum Gasteiger partial charge on any atom is 0.248 e. The highest BCUT2D eigenvalue weighted by molar-refractivity contribution is 6.74. The molecule has 1 rings (SSSR count). The minimum absolute atomic E-state index is 0.0265. The molecule has 1 aliphatic rings. The minimum Gasteiger partial charge on any atom is -0.415 e. The van der Waals surface area contributed by atoms with Crippen molar-refractivity contribution in [2.45, 2.75) is 96.4 Å². The second kappa shape index (κ2) is 6.61. The average molecular weight is 360 g/mol. The molecule has 0 aliphatic carbocycles. The minimum atomic E-state index is -1.92. The van der Waals surface area contributed by atoms with Crippen molar-refractivity contribution in [3.8, 4) is 0 Å². The highest BCUT2D eigenvalue weighted by Crippen LogP contribution is 2.39. The standard InChI is InChI=1S/C17H37NO3Si2/c1-16(2,3)22(7,8)20-12-13-11-14(15(19)18-13)21-23(9,10)17(4,5)6/h13-14H,11-12H2,1-10H3,(H,18,19)/t13-,14-/m0/s1. The molecule has 1 aliphatic heterocycles. The van der Waals surface area contributed by atoms with E-state index in [1.54, 1.807) is 0 Å². The lowest BCUT2D eigenvalue weighted by Crippen LogP contribution is -2.45. The molecule has 0 aromatic rings. The quantitative estimate of drug-likeness (QED) is 0.745. The summed E-state index contributed by atoms with van der Waals surface area (Å²) in [6, 6.07) is 0.0754. The van der Waals surface area contributed by atoms with Gasteiger partial charge in [-0.3, -0.25) is 4.79 Å². The molecule has 0 aromatic carbocycles. The highest BCUT2D eigenvalue weighted by Gasteiger charge is 2.44. The Morgan fingerprint density at radius 2 is 1.48 bits per heavy atom. The largest absolute Gasteiger partial charge is 0.415 e. The first-order chi connectivity index (χ1) is 10.1. The van der Waals surface area contributed by atoms with E-state index in [4.69, 9.17) is 8.85 Å². The van der Waals surface area contributed by atoms with E-state index in [1.807, 2.05) is 0 Å². The Kier molecular flexibility index (Phi) is 6.00. The predicted octanol–water partition coefficient (Wildman–Crippen LogP) is 4.29. The van der Waals surface area contributed by atoms with Gasteiger partial charge in [0.2, 0.25) is 5.91 Å². The molecular weight excluding hydrogens is 322 g/mol. The molecule has 0 saturated carbocycles. The molecule has 23 heavy (non-hydrogen) atoms. The lowest BCUT2D eigenvalue weighted by Gasteiger charge is -2.38. The molecule has 0 radical (unpaired) electrons. The van der Waals surface area contributed by atoms with Gasteiger partial charge in [0.15, 0.2) is 16.6 Å². The van der Waals surface area contributed by atoms with Crippen molar-refractivity contribution in [2.75, 3.05) is 6.61 Å². The van der Waals surface area contributed by atoms with E-state index in [9.17, 15) is 4.79 Å². The summed E-state index contributed by atoms with van der Waals surface area (Å²) in [5.41, 5.74) is 0. The Labute approximate surface area is 145 Å². The average Bonchev–Trinajstić information content (AvgIpc) is 2.64. The van der Waals surface area contributed by atoms with E-state index >= 15 is 0 Å². The van der Waals surface area contributed by atoms with Crippen LogP contribution >= 0.6 is 0 Å². The zero-order valence-corrected chi connectivity index (χ0v) is 18.8. The van der Waals surface area contributed by atoms with Crippen molar-refractivity contribution < 1.29 is 13.6 Å². The van der Waals surface area contributed by atoms with Gasteiger partial charge < -0.3 is 14.2 Å². The van der Waals surface area contributed by atoms with Crippen LogP contribution < -0.4 is 5.32 Å². The molecule has 6 heteroatoms. The summed E-state index contributed by atoms with van der Waals surface area (Å²) in [5.74, 6) is 0.0265. The van der Waals surface area contributed by atoms with Crippen molar-refractivity contribution in [1.29, 1.82) is 0 Å². The van der Waals surface area contributed by atoms with Crippen LogP contribution in [0.3, 0.4) is 0 Å². The number of rotatable bonds is 5. The van der Waals surface area contributed by atoms with Crippen molar-refractivity contribution >= 4 is 22.5 Å². The first-order valence-electron chi connectivity index (χ1n) is 8.69. The fourth-order valence-electron chi connectivity index (χ4n) is 1.99. The number of amides is 1. The lowest BCUT2D eigenvalue weighted by molar-refractivity contribution is -0.125. The van der Waals surface area contributed by atoms with Gasteiger partial charge in [-0.15, -0.1) is 0 Å². The molecule has 0 bridgehead atoms. The molecular formula is C17H37NO3Si2. The third-order valence-electron chi connectivity index (χ3n) is 5.83. The Morgan fingerprint density at radius 1 is 1.00 bits per heavy atom. The topological polar surface area (TPSA) is 47.6 Å². The highest BCUT2D eigenvalue weighted by atomic mass is 28.4. The molecule has 1 fully saturated rings. The van der Waals surface area contributed by atoms with Gasteiger partial charge in [-0.05, 0) is 36.3 Å². The van der Waals surface area contributed by atoms with E-state index in [-0.39, 0.29) is 28.1 Å². The predicted molar refractivity (Wildman–Crippen MR) is 102 cm³/mol. The van der Waals surface area contributed by atoms with Gasteiger partial charge in [-0.2, -0.15) is 0 Å². The Bertz CT molecular complexity index is 436. The first-order valence-corrected chi connectivity index (χ1v) is 14.5. The third-order valence-corrected chi connectivity index (χ3v) is 14.8. The Balaban J connectivity index is 2.62. The summed E-state index contributed by atoms with van der Waals surface area (Å²) in [6.45, 7) is 22.8. The molecule has 1 heterocycles. The molecule has 0 aromatic heterocycles. The van der Waals surface area contributed by atoms with E-state index in [2.05, 4.69) is 73.0 Å². The normalized spacial score (nSPS) is 24.0. The summed E-state index contributed by atoms with van der Waals surface area (Å²) in [5, 5.41) is 3.36. The van der Waals surface area contributed by atoms with Crippen LogP contribution in [0.1, 0.15) is 48.0 Å². The fourth-order valence-corrected chi connectivity index (χ4v) is 4.31. The number of carbonyl (C=O) groups is 1. The van der Waals surface area contributed by atoms with Crippen molar-refractivity contribution in [3.05, 3.63) is 0 Å². The van der Waals surface area contributed by atoms with Gasteiger partial charge in [0, 0.05) is 6.42 Å². The number of hydrogen-bond acceptors (Lipinski definition) is 3. The van der Waals surface area contributed by atoms with Crippen LogP contribution in [0, 0.1) is 0 Å². The smallest absolute Gasteiger partial charge is 0.248 e.